The number of nitrogen functional groups attached to an aromatic ring is 1. The van der Waals surface area contributed by atoms with Gasteiger partial charge in [0.1, 0.15) is 0 Å². The molecule has 0 aliphatic carbocycles. The predicted octanol–water partition coefficient (Wildman–Crippen LogP) is 3.31. The summed E-state index contributed by atoms with van der Waals surface area (Å²) in [5, 5.41) is 0. The Balaban J connectivity index is 0.00000112. The van der Waals surface area contributed by atoms with E-state index >= 15 is 0 Å². The van der Waals surface area contributed by atoms with Gasteiger partial charge in [-0.05, 0) is 23.8 Å². The van der Waals surface area contributed by atoms with Crippen LogP contribution in [0.15, 0.2) is 42.7 Å². The van der Waals surface area contributed by atoms with Crippen LogP contribution in [0.5, 0.6) is 0 Å². The standard InChI is InChI=1S/C11H9FN2.2ClH/c12-11-9(2-1-3-10(11)13)8-4-6-14-7-5-8;;/h1-7H,13H2;2*1H. The average Bonchev–Trinajstić information content (AvgIpc) is 2.23. The molecule has 0 amide bonds. The zero-order valence-electron chi connectivity index (χ0n) is 8.26. The van der Waals surface area contributed by atoms with Gasteiger partial charge in [-0.15, -0.1) is 24.8 Å². The molecule has 0 atom stereocenters. The van der Waals surface area contributed by atoms with Crippen molar-refractivity contribution in [3.63, 3.8) is 0 Å². The van der Waals surface area contributed by atoms with Crippen molar-refractivity contribution in [3.8, 4) is 11.1 Å². The monoisotopic (exact) mass is 260 g/mol. The van der Waals surface area contributed by atoms with E-state index in [1.807, 2.05) is 0 Å². The lowest BCUT2D eigenvalue weighted by molar-refractivity contribution is 0.636. The highest BCUT2D eigenvalue weighted by molar-refractivity contribution is 5.85. The summed E-state index contributed by atoms with van der Waals surface area (Å²) < 4.78 is 13.5. The third-order valence-corrected chi connectivity index (χ3v) is 2.02. The molecule has 0 saturated carbocycles. The maximum absolute atomic E-state index is 13.5. The van der Waals surface area contributed by atoms with Crippen LogP contribution in [0.2, 0.25) is 0 Å². The smallest absolute Gasteiger partial charge is 0.153 e. The minimum atomic E-state index is -0.376. The zero-order chi connectivity index (χ0) is 9.97. The fourth-order valence-corrected chi connectivity index (χ4v) is 1.30. The van der Waals surface area contributed by atoms with E-state index in [0.717, 1.165) is 5.56 Å². The highest BCUT2D eigenvalue weighted by Gasteiger charge is 2.06. The van der Waals surface area contributed by atoms with Gasteiger partial charge in [0.05, 0.1) is 5.69 Å². The molecule has 0 aliphatic heterocycles. The van der Waals surface area contributed by atoms with Crippen LogP contribution >= 0.6 is 24.8 Å². The first-order chi connectivity index (χ1) is 6.79. The fourth-order valence-electron chi connectivity index (χ4n) is 1.30. The molecule has 0 unspecified atom stereocenters. The molecular weight excluding hydrogens is 250 g/mol. The molecule has 5 heteroatoms. The van der Waals surface area contributed by atoms with Gasteiger partial charge in [0.2, 0.25) is 0 Å². The molecule has 2 rings (SSSR count). The highest BCUT2D eigenvalue weighted by atomic mass is 35.5. The largest absolute Gasteiger partial charge is 0.396 e. The van der Waals surface area contributed by atoms with E-state index in [1.54, 1.807) is 42.7 Å². The van der Waals surface area contributed by atoms with E-state index in [0.29, 0.717) is 5.56 Å². The first kappa shape index (κ1) is 14.7. The number of halogens is 3. The summed E-state index contributed by atoms with van der Waals surface area (Å²) in [4.78, 5) is 3.87. The van der Waals surface area contributed by atoms with E-state index in [1.165, 1.54) is 0 Å². The van der Waals surface area contributed by atoms with Crippen molar-refractivity contribution in [1.82, 2.24) is 4.98 Å². The van der Waals surface area contributed by atoms with Crippen molar-refractivity contribution in [2.75, 3.05) is 5.73 Å². The van der Waals surface area contributed by atoms with Gasteiger partial charge in [-0.3, -0.25) is 4.98 Å². The minimum absolute atomic E-state index is 0. The average molecular weight is 261 g/mol. The second kappa shape index (κ2) is 6.30. The number of rotatable bonds is 1. The Bertz CT molecular complexity index is 449. The third kappa shape index (κ3) is 2.84. The highest BCUT2D eigenvalue weighted by Crippen LogP contribution is 2.25. The number of anilines is 1. The van der Waals surface area contributed by atoms with Gasteiger partial charge >= 0.3 is 0 Å². The second-order valence-corrected chi connectivity index (χ2v) is 2.94. The second-order valence-electron chi connectivity index (χ2n) is 2.94. The summed E-state index contributed by atoms with van der Waals surface area (Å²) in [6.07, 6.45) is 3.25. The van der Waals surface area contributed by atoms with Crippen LogP contribution in [0.25, 0.3) is 11.1 Å². The Kier molecular flexibility index (Phi) is 5.78. The van der Waals surface area contributed by atoms with E-state index < -0.39 is 0 Å². The molecule has 0 radical (unpaired) electrons. The Morgan fingerprint density at radius 1 is 1.00 bits per heavy atom. The minimum Gasteiger partial charge on any atom is -0.396 e. The molecule has 1 aromatic heterocycles. The molecule has 2 N–H and O–H groups in total. The van der Waals surface area contributed by atoms with Gasteiger partial charge in [0, 0.05) is 18.0 Å². The van der Waals surface area contributed by atoms with Gasteiger partial charge < -0.3 is 5.73 Å². The number of pyridine rings is 1. The molecule has 0 fully saturated rings. The van der Waals surface area contributed by atoms with E-state index in [4.69, 9.17) is 5.73 Å². The number of hydrogen-bond acceptors (Lipinski definition) is 2. The lowest BCUT2D eigenvalue weighted by Gasteiger charge is -2.04. The summed E-state index contributed by atoms with van der Waals surface area (Å²) in [6, 6.07) is 8.46. The number of hydrogen-bond donors (Lipinski definition) is 1. The summed E-state index contributed by atoms with van der Waals surface area (Å²) in [7, 11) is 0. The number of nitrogens with two attached hydrogens (primary N) is 1. The van der Waals surface area contributed by atoms with Crippen LogP contribution in [0.4, 0.5) is 10.1 Å². The van der Waals surface area contributed by atoms with E-state index in [2.05, 4.69) is 4.98 Å². The molecule has 2 aromatic rings. The lowest BCUT2D eigenvalue weighted by atomic mass is 10.1. The van der Waals surface area contributed by atoms with Gasteiger partial charge in [0.15, 0.2) is 5.82 Å². The number of nitrogens with zero attached hydrogens (tertiary/aromatic N) is 1. The molecule has 0 spiro atoms. The number of aromatic nitrogens is 1. The van der Waals surface area contributed by atoms with Crippen LogP contribution < -0.4 is 5.73 Å². The van der Waals surface area contributed by atoms with Gasteiger partial charge in [-0.2, -0.15) is 0 Å². The SMILES string of the molecule is Cl.Cl.Nc1cccc(-c2ccncc2)c1F. The Hall–Kier alpha value is -1.32. The number of benzene rings is 1. The molecule has 0 saturated heterocycles. The third-order valence-electron chi connectivity index (χ3n) is 2.02. The van der Waals surface area contributed by atoms with Crippen molar-refractivity contribution >= 4 is 30.5 Å². The molecule has 16 heavy (non-hydrogen) atoms. The lowest BCUT2D eigenvalue weighted by Crippen LogP contribution is -1.92. The Morgan fingerprint density at radius 3 is 2.25 bits per heavy atom. The van der Waals surface area contributed by atoms with Gasteiger partial charge in [-0.1, -0.05) is 12.1 Å². The molecule has 1 aromatic carbocycles. The zero-order valence-corrected chi connectivity index (χ0v) is 9.89. The first-order valence-corrected chi connectivity index (χ1v) is 4.23. The quantitative estimate of drug-likeness (QED) is 0.800. The molecule has 86 valence electrons. The summed E-state index contributed by atoms with van der Waals surface area (Å²) in [6.45, 7) is 0. The van der Waals surface area contributed by atoms with Crippen molar-refractivity contribution in [2.24, 2.45) is 0 Å². The fraction of sp³-hybridized carbons (Fsp3) is 0. The molecule has 2 nitrogen and oxygen atoms in total. The maximum atomic E-state index is 13.5. The van der Waals surface area contributed by atoms with Crippen LogP contribution in [-0.4, -0.2) is 4.98 Å². The molecule has 0 bridgehead atoms. The molecular formula is C11H11Cl2FN2. The van der Waals surface area contributed by atoms with Crippen molar-refractivity contribution in [1.29, 1.82) is 0 Å². The summed E-state index contributed by atoms with van der Waals surface area (Å²) in [5.74, 6) is -0.376. The van der Waals surface area contributed by atoms with Crippen molar-refractivity contribution in [2.45, 2.75) is 0 Å². The predicted molar refractivity (Wildman–Crippen MR) is 68.5 cm³/mol. The first-order valence-electron chi connectivity index (χ1n) is 4.23. The molecule has 1 heterocycles. The van der Waals surface area contributed by atoms with Crippen molar-refractivity contribution < 1.29 is 4.39 Å². The van der Waals surface area contributed by atoms with Crippen LogP contribution in [-0.2, 0) is 0 Å². The van der Waals surface area contributed by atoms with Crippen LogP contribution in [0.3, 0.4) is 0 Å². The normalized spacial score (nSPS) is 8.81. The summed E-state index contributed by atoms with van der Waals surface area (Å²) in [5.41, 5.74) is 6.92. The van der Waals surface area contributed by atoms with Crippen molar-refractivity contribution in [3.05, 3.63) is 48.5 Å². The van der Waals surface area contributed by atoms with Gasteiger partial charge in [-0.25, -0.2) is 4.39 Å². The van der Waals surface area contributed by atoms with Gasteiger partial charge in [0.25, 0.3) is 0 Å². The molecule has 0 aliphatic rings. The van der Waals surface area contributed by atoms with Crippen LogP contribution in [0, 0.1) is 5.82 Å². The Morgan fingerprint density at radius 2 is 1.62 bits per heavy atom. The van der Waals surface area contributed by atoms with Crippen LogP contribution in [0.1, 0.15) is 0 Å². The van der Waals surface area contributed by atoms with E-state index in [9.17, 15) is 4.39 Å². The Labute approximate surface area is 106 Å². The van der Waals surface area contributed by atoms with E-state index in [-0.39, 0.29) is 36.3 Å². The topological polar surface area (TPSA) is 38.9 Å². The maximum Gasteiger partial charge on any atom is 0.153 e. The summed E-state index contributed by atoms with van der Waals surface area (Å²) >= 11 is 0.